The number of rotatable bonds is 5. The molecule has 0 fully saturated rings. The molecular formula is C15H17BO4. The monoisotopic (exact) mass is 272 g/mol. The van der Waals surface area contributed by atoms with Crippen molar-refractivity contribution < 1.29 is 19.5 Å². The minimum absolute atomic E-state index is 0.289. The molecule has 20 heavy (non-hydrogen) atoms. The molecule has 0 saturated carbocycles. The third kappa shape index (κ3) is 3.53. The van der Waals surface area contributed by atoms with Crippen molar-refractivity contribution in [2.24, 2.45) is 0 Å². The van der Waals surface area contributed by atoms with Gasteiger partial charge in [0, 0.05) is 5.46 Å². The summed E-state index contributed by atoms with van der Waals surface area (Å²) in [5.41, 5.74) is 2.47. The molecule has 4 nitrogen and oxygen atoms in total. The molecule has 0 aromatic heterocycles. The van der Waals surface area contributed by atoms with E-state index in [1.54, 1.807) is 18.2 Å². The number of hydrogen-bond donors (Lipinski definition) is 2. The van der Waals surface area contributed by atoms with Crippen molar-refractivity contribution in [1.82, 2.24) is 0 Å². The standard InChI is InChI=1S/C15H17BO4/c1-11-4-3-5-12(8-11)10-20-15-7-6-13(19-2)9-14(15)16(17)18/h3-9,17-18H,10H2,1-2H3. The highest BCUT2D eigenvalue weighted by molar-refractivity contribution is 6.59. The maximum atomic E-state index is 9.39. The van der Waals surface area contributed by atoms with Crippen LogP contribution in [0.4, 0.5) is 0 Å². The summed E-state index contributed by atoms with van der Waals surface area (Å²) in [4.78, 5) is 0. The van der Waals surface area contributed by atoms with Crippen molar-refractivity contribution in [1.29, 1.82) is 0 Å². The first-order valence-electron chi connectivity index (χ1n) is 6.32. The minimum atomic E-state index is -1.60. The Morgan fingerprint density at radius 1 is 1.10 bits per heavy atom. The molecule has 0 saturated heterocycles. The van der Waals surface area contributed by atoms with Crippen LogP contribution in [0.15, 0.2) is 42.5 Å². The van der Waals surface area contributed by atoms with Crippen LogP contribution >= 0.6 is 0 Å². The Labute approximate surface area is 118 Å². The zero-order valence-corrected chi connectivity index (χ0v) is 11.5. The fourth-order valence-electron chi connectivity index (χ4n) is 1.95. The van der Waals surface area contributed by atoms with Gasteiger partial charge in [0.05, 0.1) is 7.11 Å². The lowest BCUT2D eigenvalue weighted by molar-refractivity contribution is 0.306. The zero-order valence-electron chi connectivity index (χ0n) is 11.5. The third-order valence-electron chi connectivity index (χ3n) is 2.97. The maximum Gasteiger partial charge on any atom is 0.492 e. The summed E-state index contributed by atoms with van der Waals surface area (Å²) in [6.07, 6.45) is 0. The van der Waals surface area contributed by atoms with E-state index >= 15 is 0 Å². The van der Waals surface area contributed by atoms with E-state index in [9.17, 15) is 10.0 Å². The van der Waals surface area contributed by atoms with Crippen LogP contribution in [0.25, 0.3) is 0 Å². The number of ether oxygens (including phenoxy) is 2. The van der Waals surface area contributed by atoms with Crippen LogP contribution in [0.5, 0.6) is 11.5 Å². The molecule has 0 aliphatic heterocycles. The van der Waals surface area contributed by atoms with Gasteiger partial charge in [-0.1, -0.05) is 29.8 Å². The van der Waals surface area contributed by atoms with Crippen molar-refractivity contribution in [3.63, 3.8) is 0 Å². The fourth-order valence-corrected chi connectivity index (χ4v) is 1.95. The first kappa shape index (κ1) is 14.4. The van der Waals surface area contributed by atoms with Crippen LogP contribution in [0, 0.1) is 6.92 Å². The van der Waals surface area contributed by atoms with E-state index in [1.165, 1.54) is 7.11 Å². The van der Waals surface area contributed by atoms with Crippen LogP contribution in [0.3, 0.4) is 0 Å². The first-order chi connectivity index (χ1) is 9.60. The molecule has 0 bridgehead atoms. The van der Waals surface area contributed by atoms with Crippen LogP contribution in [-0.2, 0) is 6.61 Å². The lowest BCUT2D eigenvalue weighted by atomic mass is 9.79. The number of aryl methyl sites for hydroxylation is 1. The summed E-state index contributed by atoms with van der Waals surface area (Å²) in [5.74, 6) is 0.985. The van der Waals surface area contributed by atoms with E-state index in [1.807, 2.05) is 31.2 Å². The lowest BCUT2D eigenvalue weighted by Gasteiger charge is -2.12. The van der Waals surface area contributed by atoms with E-state index in [2.05, 4.69) is 0 Å². The van der Waals surface area contributed by atoms with Gasteiger partial charge in [0.2, 0.25) is 0 Å². The molecule has 2 aromatic carbocycles. The molecule has 0 atom stereocenters. The lowest BCUT2D eigenvalue weighted by Crippen LogP contribution is -2.31. The Balaban J connectivity index is 2.16. The molecule has 2 aromatic rings. The summed E-state index contributed by atoms with van der Waals surface area (Å²) in [6.45, 7) is 2.38. The van der Waals surface area contributed by atoms with Crippen molar-refractivity contribution in [2.75, 3.05) is 7.11 Å². The van der Waals surface area contributed by atoms with E-state index in [-0.39, 0.29) is 5.46 Å². The smallest absolute Gasteiger partial charge is 0.492 e. The maximum absolute atomic E-state index is 9.39. The Bertz CT molecular complexity index is 584. The number of benzene rings is 2. The largest absolute Gasteiger partial charge is 0.497 e. The first-order valence-corrected chi connectivity index (χ1v) is 6.32. The van der Waals surface area contributed by atoms with Gasteiger partial charge in [0.15, 0.2) is 0 Å². The fraction of sp³-hybridized carbons (Fsp3) is 0.200. The van der Waals surface area contributed by atoms with E-state index in [0.29, 0.717) is 18.1 Å². The average molecular weight is 272 g/mol. The molecule has 2 N–H and O–H groups in total. The van der Waals surface area contributed by atoms with Gasteiger partial charge in [0.1, 0.15) is 18.1 Å². The molecule has 0 heterocycles. The van der Waals surface area contributed by atoms with E-state index in [4.69, 9.17) is 9.47 Å². The predicted molar refractivity (Wildman–Crippen MR) is 78.3 cm³/mol. The summed E-state index contributed by atoms with van der Waals surface area (Å²) in [5, 5.41) is 18.8. The van der Waals surface area contributed by atoms with E-state index in [0.717, 1.165) is 11.1 Å². The average Bonchev–Trinajstić information content (AvgIpc) is 2.45. The van der Waals surface area contributed by atoms with Gasteiger partial charge in [-0.15, -0.1) is 0 Å². The van der Waals surface area contributed by atoms with Gasteiger partial charge in [-0.25, -0.2) is 0 Å². The molecule has 0 amide bonds. The summed E-state index contributed by atoms with van der Waals surface area (Å²) < 4.78 is 10.7. The molecule has 0 aliphatic carbocycles. The quantitative estimate of drug-likeness (QED) is 0.804. The highest BCUT2D eigenvalue weighted by atomic mass is 16.5. The number of hydrogen-bond acceptors (Lipinski definition) is 4. The molecule has 2 rings (SSSR count). The predicted octanol–water partition coefficient (Wildman–Crippen LogP) is 1.26. The van der Waals surface area contributed by atoms with Crippen molar-refractivity contribution in [3.05, 3.63) is 53.6 Å². The highest BCUT2D eigenvalue weighted by Gasteiger charge is 2.18. The SMILES string of the molecule is COc1ccc(OCc2cccc(C)c2)c(B(O)O)c1. The van der Waals surface area contributed by atoms with Crippen molar-refractivity contribution in [2.45, 2.75) is 13.5 Å². The van der Waals surface area contributed by atoms with E-state index < -0.39 is 7.12 Å². The van der Waals surface area contributed by atoms with Crippen LogP contribution in [0.1, 0.15) is 11.1 Å². The van der Waals surface area contributed by atoms with Gasteiger partial charge in [0.25, 0.3) is 0 Å². The van der Waals surface area contributed by atoms with Crippen LogP contribution in [0.2, 0.25) is 0 Å². The molecule has 5 heteroatoms. The topological polar surface area (TPSA) is 58.9 Å². The normalized spacial score (nSPS) is 10.2. The van der Waals surface area contributed by atoms with Gasteiger partial charge >= 0.3 is 7.12 Å². The molecule has 0 spiro atoms. The van der Waals surface area contributed by atoms with Gasteiger partial charge < -0.3 is 19.5 Å². The molecular weight excluding hydrogens is 255 g/mol. The Hall–Kier alpha value is -1.98. The summed E-state index contributed by atoms with van der Waals surface area (Å²) >= 11 is 0. The van der Waals surface area contributed by atoms with Crippen LogP contribution < -0.4 is 14.9 Å². The molecule has 0 aliphatic rings. The summed E-state index contributed by atoms with van der Waals surface area (Å²) in [7, 11) is -0.0755. The second-order valence-electron chi connectivity index (χ2n) is 4.56. The van der Waals surface area contributed by atoms with Gasteiger partial charge in [-0.2, -0.15) is 0 Å². The molecule has 104 valence electrons. The minimum Gasteiger partial charge on any atom is -0.497 e. The van der Waals surface area contributed by atoms with Crippen molar-refractivity contribution in [3.8, 4) is 11.5 Å². The Kier molecular flexibility index (Phi) is 4.66. The number of methoxy groups -OCH3 is 1. The van der Waals surface area contributed by atoms with Crippen molar-refractivity contribution >= 4 is 12.6 Å². The third-order valence-corrected chi connectivity index (χ3v) is 2.97. The summed E-state index contributed by atoms with van der Waals surface area (Å²) in [6, 6.07) is 12.9. The highest BCUT2D eigenvalue weighted by Crippen LogP contribution is 2.17. The Morgan fingerprint density at radius 2 is 1.90 bits per heavy atom. The second-order valence-corrected chi connectivity index (χ2v) is 4.56. The Morgan fingerprint density at radius 3 is 2.55 bits per heavy atom. The molecule has 0 radical (unpaired) electrons. The second kappa shape index (κ2) is 6.46. The van der Waals surface area contributed by atoms with Gasteiger partial charge in [-0.05, 0) is 30.7 Å². The zero-order chi connectivity index (χ0) is 14.5. The molecule has 0 unspecified atom stereocenters. The van der Waals surface area contributed by atoms with Crippen LogP contribution in [-0.4, -0.2) is 24.3 Å². The van der Waals surface area contributed by atoms with Gasteiger partial charge in [-0.3, -0.25) is 0 Å².